The SMILES string of the molecule is CCCCc1c(C2(N)C=CC(c3ccccc3)C=C2)cn2ccccc12. The molecule has 4 rings (SSSR count). The van der Waals surface area contributed by atoms with Crippen LogP contribution in [0.1, 0.15) is 42.4 Å². The Kier molecular flexibility index (Phi) is 4.52. The summed E-state index contributed by atoms with van der Waals surface area (Å²) in [7, 11) is 0. The van der Waals surface area contributed by atoms with Crippen molar-refractivity contribution in [2.45, 2.75) is 37.6 Å². The summed E-state index contributed by atoms with van der Waals surface area (Å²) in [5.41, 5.74) is 11.5. The van der Waals surface area contributed by atoms with E-state index in [4.69, 9.17) is 5.73 Å². The fourth-order valence-electron chi connectivity index (χ4n) is 3.89. The van der Waals surface area contributed by atoms with E-state index in [-0.39, 0.29) is 0 Å². The Balaban J connectivity index is 1.72. The van der Waals surface area contributed by atoms with E-state index in [1.165, 1.54) is 35.0 Å². The molecule has 2 heteroatoms. The van der Waals surface area contributed by atoms with Crippen LogP contribution in [0.25, 0.3) is 5.52 Å². The molecule has 2 aromatic heterocycles. The van der Waals surface area contributed by atoms with Gasteiger partial charge in [0.2, 0.25) is 0 Å². The Bertz CT molecular complexity index is 933. The largest absolute Gasteiger partial charge is 0.323 e. The summed E-state index contributed by atoms with van der Waals surface area (Å²) in [6, 6.07) is 16.9. The van der Waals surface area contributed by atoms with Crippen LogP contribution < -0.4 is 5.73 Å². The van der Waals surface area contributed by atoms with Gasteiger partial charge in [-0.1, -0.05) is 74.0 Å². The van der Waals surface area contributed by atoms with Crippen molar-refractivity contribution in [3.8, 4) is 0 Å². The monoisotopic (exact) mass is 342 g/mol. The van der Waals surface area contributed by atoms with Gasteiger partial charge in [0.1, 0.15) is 0 Å². The topological polar surface area (TPSA) is 30.4 Å². The summed E-state index contributed by atoms with van der Waals surface area (Å²) in [4.78, 5) is 0. The Morgan fingerprint density at radius 1 is 1.00 bits per heavy atom. The van der Waals surface area contributed by atoms with Crippen LogP contribution in [0.5, 0.6) is 0 Å². The van der Waals surface area contributed by atoms with Gasteiger partial charge in [-0.3, -0.25) is 0 Å². The molecule has 3 aromatic rings. The molecule has 0 atom stereocenters. The van der Waals surface area contributed by atoms with Gasteiger partial charge < -0.3 is 10.1 Å². The van der Waals surface area contributed by atoms with Gasteiger partial charge in [-0.05, 0) is 36.1 Å². The summed E-state index contributed by atoms with van der Waals surface area (Å²) in [5.74, 6) is 0.295. The van der Waals surface area contributed by atoms with Crippen molar-refractivity contribution >= 4 is 5.52 Å². The fourth-order valence-corrected chi connectivity index (χ4v) is 3.89. The normalized spacial score (nSPS) is 22.2. The average molecular weight is 342 g/mol. The highest BCUT2D eigenvalue weighted by molar-refractivity contribution is 5.63. The van der Waals surface area contributed by atoms with E-state index in [1.807, 2.05) is 0 Å². The number of benzene rings is 1. The molecule has 0 saturated heterocycles. The minimum absolute atomic E-state index is 0.295. The summed E-state index contributed by atoms with van der Waals surface area (Å²) in [5, 5.41) is 0. The first kappa shape index (κ1) is 16.9. The second-order valence-corrected chi connectivity index (χ2v) is 7.21. The van der Waals surface area contributed by atoms with Crippen LogP contribution in [0.15, 0.2) is 85.2 Å². The number of rotatable bonds is 5. The summed E-state index contributed by atoms with van der Waals surface area (Å²) in [6.45, 7) is 2.24. The van der Waals surface area contributed by atoms with Crippen molar-refractivity contribution < 1.29 is 0 Å². The van der Waals surface area contributed by atoms with E-state index in [9.17, 15) is 0 Å². The van der Waals surface area contributed by atoms with Crippen LogP contribution in [-0.2, 0) is 12.0 Å². The van der Waals surface area contributed by atoms with Gasteiger partial charge in [-0.25, -0.2) is 0 Å². The number of allylic oxidation sites excluding steroid dienone is 2. The van der Waals surface area contributed by atoms with Crippen molar-refractivity contribution in [1.29, 1.82) is 0 Å². The van der Waals surface area contributed by atoms with Crippen molar-refractivity contribution in [1.82, 2.24) is 4.40 Å². The van der Waals surface area contributed by atoms with Gasteiger partial charge in [0.05, 0.1) is 5.54 Å². The Morgan fingerprint density at radius 3 is 2.46 bits per heavy atom. The molecule has 0 unspecified atom stereocenters. The van der Waals surface area contributed by atoms with Gasteiger partial charge in [0, 0.05) is 29.4 Å². The first-order valence-corrected chi connectivity index (χ1v) is 9.53. The lowest BCUT2D eigenvalue weighted by atomic mass is 9.81. The zero-order valence-corrected chi connectivity index (χ0v) is 15.3. The van der Waals surface area contributed by atoms with Crippen molar-refractivity contribution in [2.24, 2.45) is 5.73 Å². The van der Waals surface area contributed by atoms with E-state index in [0.717, 1.165) is 6.42 Å². The molecule has 0 fully saturated rings. The molecule has 0 bridgehead atoms. The van der Waals surface area contributed by atoms with Crippen molar-refractivity contribution in [2.75, 3.05) is 0 Å². The predicted molar refractivity (Wildman–Crippen MR) is 109 cm³/mol. The molecule has 2 nitrogen and oxygen atoms in total. The lowest BCUT2D eigenvalue weighted by Crippen LogP contribution is -2.34. The van der Waals surface area contributed by atoms with E-state index >= 15 is 0 Å². The van der Waals surface area contributed by atoms with Crippen LogP contribution in [0, 0.1) is 0 Å². The highest BCUT2D eigenvalue weighted by Gasteiger charge is 2.29. The van der Waals surface area contributed by atoms with E-state index in [1.54, 1.807) is 0 Å². The number of hydrogen-bond acceptors (Lipinski definition) is 1. The Labute approximate surface area is 155 Å². The number of fused-ring (bicyclic) bond motifs is 1. The number of aromatic nitrogens is 1. The zero-order chi connectivity index (χ0) is 18.0. The minimum atomic E-state index is -0.541. The molecule has 0 saturated carbocycles. The van der Waals surface area contributed by atoms with Gasteiger partial charge in [0.15, 0.2) is 0 Å². The second kappa shape index (κ2) is 6.97. The first-order valence-electron chi connectivity index (χ1n) is 9.53. The number of nitrogens with two attached hydrogens (primary N) is 1. The highest BCUT2D eigenvalue weighted by atomic mass is 14.9. The number of nitrogens with zero attached hydrogens (tertiary/aromatic N) is 1. The maximum Gasteiger partial charge on any atom is 0.0800 e. The standard InChI is InChI=1S/C24H26N2/c1-2-3-11-21-22(18-26-17-8-7-12-23(21)26)24(25)15-13-20(14-16-24)19-9-5-4-6-10-19/h4-10,12-18,20H,2-3,11,25H2,1H3. The molecule has 0 spiro atoms. The van der Waals surface area contributed by atoms with Gasteiger partial charge >= 0.3 is 0 Å². The molecule has 0 aliphatic heterocycles. The third kappa shape index (κ3) is 3.02. The zero-order valence-electron chi connectivity index (χ0n) is 15.3. The number of pyridine rings is 1. The van der Waals surface area contributed by atoms with Crippen LogP contribution in [-0.4, -0.2) is 4.40 Å². The molecule has 1 aliphatic carbocycles. The molecule has 132 valence electrons. The number of unbranched alkanes of at least 4 members (excludes halogenated alkanes) is 1. The van der Waals surface area contributed by atoms with E-state index in [0.29, 0.717) is 5.92 Å². The minimum Gasteiger partial charge on any atom is -0.323 e. The molecule has 0 amide bonds. The lowest BCUT2D eigenvalue weighted by molar-refractivity contribution is 0.675. The Morgan fingerprint density at radius 2 is 1.73 bits per heavy atom. The molecule has 2 heterocycles. The lowest BCUT2D eigenvalue weighted by Gasteiger charge is -2.28. The molecule has 1 aliphatic rings. The van der Waals surface area contributed by atoms with Crippen LogP contribution in [0.3, 0.4) is 0 Å². The third-order valence-corrected chi connectivity index (χ3v) is 5.38. The van der Waals surface area contributed by atoms with Gasteiger partial charge in [0.25, 0.3) is 0 Å². The highest BCUT2D eigenvalue weighted by Crippen LogP contribution is 2.35. The molecular weight excluding hydrogens is 316 g/mol. The van der Waals surface area contributed by atoms with Gasteiger partial charge in [-0.15, -0.1) is 0 Å². The number of aryl methyl sites for hydroxylation is 1. The second-order valence-electron chi connectivity index (χ2n) is 7.21. The average Bonchev–Trinajstić information content (AvgIpc) is 3.07. The summed E-state index contributed by atoms with van der Waals surface area (Å²) < 4.78 is 2.21. The smallest absolute Gasteiger partial charge is 0.0800 e. The molecule has 0 radical (unpaired) electrons. The summed E-state index contributed by atoms with van der Waals surface area (Å²) in [6.07, 6.45) is 16.6. The summed E-state index contributed by atoms with van der Waals surface area (Å²) >= 11 is 0. The van der Waals surface area contributed by atoms with E-state index in [2.05, 4.69) is 96.6 Å². The molecular formula is C24H26N2. The maximum absolute atomic E-state index is 6.87. The van der Waals surface area contributed by atoms with Crippen LogP contribution >= 0.6 is 0 Å². The first-order chi connectivity index (χ1) is 12.7. The molecule has 2 N–H and O–H groups in total. The Hall–Kier alpha value is -2.58. The van der Waals surface area contributed by atoms with Crippen LogP contribution in [0.2, 0.25) is 0 Å². The quantitative estimate of drug-likeness (QED) is 0.623. The van der Waals surface area contributed by atoms with E-state index < -0.39 is 5.54 Å². The van der Waals surface area contributed by atoms with Gasteiger partial charge in [-0.2, -0.15) is 0 Å². The van der Waals surface area contributed by atoms with Crippen molar-refractivity contribution in [3.63, 3.8) is 0 Å². The molecule has 1 aromatic carbocycles. The fraction of sp³-hybridized carbons (Fsp3) is 0.250. The van der Waals surface area contributed by atoms with Crippen LogP contribution in [0.4, 0.5) is 0 Å². The third-order valence-electron chi connectivity index (χ3n) is 5.38. The molecule has 26 heavy (non-hydrogen) atoms. The van der Waals surface area contributed by atoms with Crippen molar-refractivity contribution in [3.05, 3.63) is 102 Å². The maximum atomic E-state index is 6.87. The predicted octanol–water partition coefficient (Wildman–Crippen LogP) is 5.35. The number of hydrogen-bond donors (Lipinski definition) is 1.